The van der Waals surface area contributed by atoms with E-state index in [2.05, 4.69) is 10.3 Å². The molecule has 6 heteroatoms. The van der Waals surface area contributed by atoms with Crippen molar-refractivity contribution in [1.82, 2.24) is 4.98 Å². The van der Waals surface area contributed by atoms with Crippen LogP contribution in [0, 0.1) is 0 Å². The number of nitrogens with zero attached hydrogens (tertiary/aromatic N) is 1. The number of benzene rings is 1. The number of thioether (sulfide) groups is 1. The molecule has 0 amide bonds. The first-order valence-electron chi connectivity index (χ1n) is 6.33. The molecule has 0 radical (unpaired) electrons. The van der Waals surface area contributed by atoms with Gasteiger partial charge < -0.3 is 10.4 Å². The summed E-state index contributed by atoms with van der Waals surface area (Å²) in [6.07, 6.45) is 2.57. The largest absolute Gasteiger partial charge is 0.478 e. The third-order valence-electron chi connectivity index (χ3n) is 2.68. The second kappa shape index (κ2) is 7.31. The topological polar surface area (TPSA) is 62.2 Å². The van der Waals surface area contributed by atoms with Crippen LogP contribution >= 0.6 is 23.1 Å². The number of anilines is 1. The molecular formula is C14H16N2O2S2. The van der Waals surface area contributed by atoms with Crippen LogP contribution in [0.4, 0.5) is 5.69 Å². The van der Waals surface area contributed by atoms with E-state index in [1.54, 1.807) is 29.3 Å². The van der Waals surface area contributed by atoms with Gasteiger partial charge in [-0.15, -0.1) is 23.1 Å². The minimum atomic E-state index is -0.890. The van der Waals surface area contributed by atoms with E-state index in [0.29, 0.717) is 17.8 Å². The summed E-state index contributed by atoms with van der Waals surface area (Å²) in [7, 11) is 0. The summed E-state index contributed by atoms with van der Waals surface area (Å²) in [6, 6.07) is 5.55. The zero-order chi connectivity index (χ0) is 14.4. The first-order chi connectivity index (χ1) is 9.72. The van der Waals surface area contributed by atoms with Gasteiger partial charge in [0.2, 0.25) is 0 Å². The number of aromatic carboxylic acids is 1. The van der Waals surface area contributed by atoms with Gasteiger partial charge in [0.15, 0.2) is 0 Å². The molecule has 0 aliphatic carbocycles. The molecule has 2 N–H and O–H groups in total. The van der Waals surface area contributed by atoms with Crippen LogP contribution in [0.25, 0.3) is 0 Å². The third kappa shape index (κ3) is 3.74. The van der Waals surface area contributed by atoms with E-state index in [9.17, 15) is 9.90 Å². The second-order valence-electron chi connectivity index (χ2n) is 4.02. The fourth-order valence-electron chi connectivity index (χ4n) is 1.86. The van der Waals surface area contributed by atoms with Crippen molar-refractivity contribution in [1.29, 1.82) is 0 Å². The molecule has 2 aromatic rings. The van der Waals surface area contributed by atoms with Gasteiger partial charge in [-0.25, -0.2) is 9.78 Å². The molecule has 0 saturated heterocycles. The van der Waals surface area contributed by atoms with Gasteiger partial charge >= 0.3 is 5.97 Å². The van der Waals surface area contributed by atoms with Crippen LogP contribution in [0.15, 0.2) is 34.7 Å². The van der Waals surface area contributed by atoms with Crippen molar-refractivity contribution in [2.45, 2.75) is 18.2 Å². The molecule has 0 fully saturated rings. The van der Waals surface area contributed by atoms with Gasteiger partial charge in [0.25, 0.3) is 0 Å². The van der Waals surface area contributed by atoms with Gasteiger partial charge in [0.1, 0.15) is 0 Å². The van der Waals surface area contributed by atoms with Crippen molar-refractivity contribution in [3.63, 3.8) is 0 Å². The number of carboxylic acid groups (broad SMARTS) is 1. The van der Waals surface area contributed by atoms with Crippen molar-refractivity contribution < 1.29 is 9.90 Å². The Kier molecular flexibility index (Phi) is 5.43. The quantitative estimate of drug-likeness (QED) is 0.765. The van der Waals surface area contributed by atoms with E-state index in [-0.39, 0.29) is 0 Å². The lowest BCUT2D eigenvalue weighted by Crippen LogP contribution is -2.10. The fourth-order valence-corrected chi connectivity index (χ4v) is 3.30. The van der Waals surface area contributed by atoms with E-state index in [4.69, 9.17) is 0 Å². The standard InChI is InChI=1S/C14H16N2O2S2/c1-2-19-11-5-3-4-10(13(11)14(17)18)15-7-6-12-16-8-9-20-12/h3-5,8-9,15H,2,6-7H2,1H3,(H,17,18). The highest BCUT2D eigenvalue weighted by molar-refractivity contribution is 7.99. The Bertz CT molecular complexity index is 571. The maximum atomic E-state index is 11.4. The monoisotopic (exact) mass is 308 g/mol. The molecule has 1 aromatic heterocycles. The molecule has 2 rings (SSSR count). The van der Waals surface area contributed by atoms with E-state index < -0.39 is 5.97 Å². The van der Waals surface area contributed by atoms with Crippen LogP contribution in [-0.2, 0) is 6.42 Å². The number of hydrogen-bond acceptors (Lipinski definition) is 5. The number of carbonyl (C=O) groups is 1. The lowest BCUT2D eigenvalue weighted by Gasteiger charge is -2.12. The smallest absolute Gasteiger partial charge is 0.338 e. The van der Waals surface area contributed by atoms with Gasteiger partial charge in [0.05, 0.1) is 10.6 Å². The van der Waals surface area contributed by atoms with Crippen molar-refractivity contribution >= 4 is 34.8 Å². The predicted molar refractivity (Wildman–Crippen MR) is 84.1 cm³/mol. The van der Waals surface area contributed by atoms with Gasteiger partial charge in [-0.2, -0.15) is 0 Å². The number of hydrogen-bond donors (Lipinski definition) is 2. The normalized spacial score (nSPS) is 10.4. The summed E-state index contributed by atoms with van der Waals surface area (Å²) >= 11 is 3.15. The Labute approximate surface area is 126 Å². The van der Waals surface area contributed by atoms with E-state index >= 15 is 0 Å². The molecule has 1 heterocycles. The van der Waals surface area contributed by atoms with Crippen molar-refractivity contribution in [2.75, 3.05) is 17.6 Å². The molecule has 0 aliphatic heterocycles. The zero-order valence-corrected chi connectivity index (χ0v) is 12.8. The van der Waals surface area contributed by atoms with Crippen molar-refractivity contribution in [2.24, 2.45) is 0 Å². The van der Waals surface area contributed by atoms with Crippen LogP contribution in [0.1, 0.15) is 22.3 Å². The summed E-state index contributed by atoms with van der Waals surface area (Å²) in [4.78, 5) is 16.5. The first-order valence-corrected chi connectivity index (χ1v) is 8.20. The molecule has 106 valence electrons. The van der Waals surface area contributed by atoms with Gasteiger partial charge in [-0.05, 0) is 17.9 Å². The summed E-state index contributed by atoms with van der Waals surface area (Å²) in [6.45, 7) is 2.69. The second-order valence-corrected chi connectivity index (χ2v) is 6.30. The maximum absolute atomic E-state index is 11.4. The van der Waals surface area contributed by atoms with Crippen LogP contribution in [0.3, 0.4) is 0 Å². The lowest BCUT2D eigenvalue weighted by atomic mass is 10.1. The van der Waals surface area contributed by atoms with Gasteiger partial charge in [-0.1, -0.05) is 13.0 Å². The molecule has 0 aliphatic rings. The average Bonchev–Trinajstić information content (AvgIpc) is 2.92. The number of aromatic nitrogens is 1. The van der Waals surface area contributed by atoms with Crippen molar-refractivity contribution in [3.05, 3.63) is 40.3 Å². The highest BCUT2D eigenvalue weighted by atomic mass is 32.2. The lowest BCUT2D eigenvalue weighted by molar-refractivity contribution is 0.0694. The Morgan fingerprint density at radius 3 is 3.00 bits per heavy atom. The molecular weight excluding hydrogens is 292 g/mol. The van der Waals surface area contributed by atoms with Crippen molar-refractivity contribution in [3.8, 4) is 0 Å². The summed E-state index contributed by atoms with van der Waals surface area (Å²) in [5, 5.41) is 15.6. The van der Waals surface area contributed by atoms with Crippen LogP contribution in [-0.4, -0.2) is 28.4 Å². The molecule has 0 unspecified atom stereocenters. The Morgan fingerprint density at radius 1 is 1.50 bits per heavy atom. The van der Waals surface area contributed by atoms with Gasteiger partial charge in [-0.3, -0.25) is 0 Å². The summed E-state index contributed by atoms with van der Waals surface area (Å²) in [5.41, 5.74) is 1.03. The molecule has 0 atom stereocenters. The van der Waals surface area contributed by atoms with Crippen LogP contribution in [0.5, 0.6) is 0 Å². The predicted octanol–water partition coefficient (Wildman–Crippen LogP) is 3.61. The molecule has 0 spiro atoms. The molecule has 20 heavy (non-hydrogen) atoms. The fraction of sp³-hybridized carbons (Fsp3) is 0.286. The minimum Gasteiger partial charge on any atom is -0.478 e. The van der Waals surface area contributed by atoms with Crippen LogP contribution < -0.4 is 5.32 Å². The van der Waals surface area contributed by atoms with E-state index in [0.717, 1.165) is 22.1 Å². The number of nitrogens with one attached hydrogen (secondary N) is 1. The SMILES string of the molecule is CCSc1cccc(NCCc2nccs2)c1C(=O)O. The maximum Gasteiger partial charge on any atom is 0.338 e. The summed E-state index contributed by atoms with van der Waals surface area (Å²) < 4.78 is 0. The Balaban J connectivity index is 2.09. The third-order valence-corrected chi connectivity index (χ3v) is 4.46. The van der Waals surface area contributed by atoms with E-state index in [1.165, 1.54) is 0 Å². The first kappa shape index (κ1) is 14.9. The summed E-state index contributed by atoms with van der Waals surface area (Å²) in [5.74, 6) is -0.0404. The minimum absolute atomic E-state index is 0.360. The molecule has 0 saturated carbocycles. The Morgan fingerprint density at radius 2 is 2.35 bits per heavy atom. The molecule has 0 bridgehead atoms. The highest BCUT2D eigenvalue weighted by Gasteiger charge is 2.15. The van der Waals surface area contributed by atoms with Crippen LogP contribution in [0.2, 0.25) is 0 Å². The highest BCUT2D eigenvalue weighted by Crippen LogP contribution is 2.28. The number of thiazole rings is 1. The number of rotatable bonds is 7. The molecule has 4 nitrogen and oxygen atoms in total. The van der Waals surface area contributed by atoms with E-state index in [1.807, 2.05) is 30.5 Å². The van der Waals surface area contributed by atoms with Gasteiger partial charge in [0, 0.05) is 35.1 Å². The zero-order valence-electron chi connectivity index (χ0n) is 11.1. The average molecular weight is 308 g/mol. The molecule has 1 aromatic carbocycles. The number of carboxylic acids is 1. The Hall–Kier alpha value is -1.53.